The van der Waals surface area contributed by atoms with E-state index in [1.807, 2.05) is 0 Å². The quantitative estimate of drug-likeness (QED) is 0.669. The fourth-order valence-electron chi connectivity index (χ4n) is 4.01. The van der Waals surface area contributed by atoms with Gasteiger partial charge in [0.2, 0.25) is 0 Å². The minimum atomic E-state index is -4.51. The average molecular weight is 433 g/mol. The minimum absolute atomic E-state index is 0.0778. The molecule has 3 rings (SSSR count). The van der Waals surface area contributed by atoms with E-state index in [0.29, 0.717) is 19.3 Å². The topological polar surface area (TPSA) is 59.6 Å². The number of hydrogen-bond acceptors (Lipinski definition) is 5. The highest BCUT2D eigenvalue weighted by molar-refractivity contribution is 7.98. The van der Waals surface area contributed by atoms with Gasteiger partial charge < -0.3 is 20.1 Å². The summed E-state index contributed by atoms with van der Waals surface area (Å²) < 4.78 is 50.2. The molecule has 2 N–H and O–H groups in total. The molecular weight excluding hydrogens is 405 g/mol. The van der Waals surface area contributed by atoms with Crippen molar-refractivity contribution in [3.63, 3.8) is 0 Å². The Morgan fingerprint density at radius 2 is 1.93 bits per heavy atom. The summed E-state index contributed by atoms with van der Waals surface area (Å²) in [5.74, 6) is -0.535. The van der Waals surface area contributed by atoms with Crippen LogP contribution in [0.25, 0.3) is 0 Å². The Hall–Kier alpha value is -1.45. The molecule has 0 unspecified atom stereocenters. The van der Waals surface area contributed by atoms with Gasteiger partial charge in [0.05, 0.1) is 30.9 Å². The van der Waals surface area contributed by atoms with Crippen molar-refractivity contribution in [2.24, 2.45) is 0 Å². The largest absolute Gasteiger partial charge is 0.496 e. The Balaban J connectivity index is 1.81. The molecular formula is C20H27F3N2O3S. The Morgan fingerprint density at radius 1 is 1.21 bits per heavy atom. The predicted molar refractivity (Wildman–Crippen MR) is 106 cm³/mol. The molecule has 1 saturated heterocycles. The molecule has 2 atom stereocenters. The van der Waals surface area contributed by atoms with Gasteiger partial charge in [0, 0.05) is 23.6 Å². The van der Waals surface area contributed by atoms with Crippen molar-refractivity contribution in [2.45, 2.75) is 61.3 Å². The van der Waals surface area contributed by atoms with E-state index >= 15 is 0 Å². The molecule has 29 heavy (non-hydrogen) atoms. The zero-order valence-electron chi connectivity index (χ0n) is 16.6. The number of benzene rings is 1. The Labute approximate surface area is 173 Å². The summed E-state index contributed by atoms with van der Waals surface area (Å²) in [4.78, 5) is 13.3. The van der Waals surface area contributed by atoms with Gasteiger partial charge in [-0.15, -0.1) is 11.8 Å². The number of halogens is 3. The van der Waals surface area contributed by atoms with Crippen LogP contribution in [0.4, 0.5) is 13.2 Å². The van der Waals surface area contributed by atoms with E-state index in [0.717, 1.165) is 43.2 Å². The van der Waals surface area contributed by atoms with Gasteiger partial charge in [0.15, 0.2) is 0 Å². The number of nitrogens with one attached hydrogen (secondary N) is 2. The first-order valence-corrected chi connectivity index (χ1v) is 11.0. The molecule has 0 bridgehead atoms. The van der Waals surface area contributed by atoms with Gasteiger partial charge in [-0.25, -0.2) is 0 Å². The van der Waals surface area contributed by atoms with Crippen molar-refractivity contribution < 1.29 is 27.4 Å². The monoisotopic (exact) mass is 432 g/mol. The lowest BCUT2D eigenvalue weighted by atomic mass is 10.0. The smallest absolute Gasteiger partial charge is 0.416 e. The molecule has 5 nitrogen and oxygen atoms in total. The van der Waals surface area contributed by atoms with Crippen LogP contribution in [0.15, 0.2) is 17.0 Å². The van der Waals surface area contributed by atoms with Gasteiger partial charge in [-0.3, -0.25) is 4.79 Å². The van der Waals surface area contributed by atoms with Crippen molar-refractivity contribution in [1.82, 2.24) is 10.6 Å². The van der Waals surface area contributed by atoms with Gasteiger partial charge in [-0.05, 0) is 37.7 Å². The van der Waals surface area contributed by atoms with Crippen molar-refractivity contribution in [3.8, 4) is 5.75 Å². The summed E-state index contributed by atoms with van der Waals surface area (Å²) in [7, 11) is 1.27. The summed E-state index contributed by atoms with van der Waals surface area (Å²) in [6.07, 6.45) is 2.57. The second-order valence-electron chi connectivity index (χ2n) is 7.45. The summed E-state index contributed by atoms with van der Waals surface area (Å²) in [5.41, 5.74) is -0.713. The predicted octanol–water partition coefficient (Wildman–Crippen LogP) is 3.86. The molecule has 1 amide bonds. The normalized spacial score (nSPS) is 23.2. The molecule has 1 aromatic carbocycles. The number of rotatable bonds is 6. The van der Waals surface area contributed by atoms with Crippen LogP contribution in [-0.2, 0) is 10.9 Å². The highest BCUT2D eigenvalue weighted by atomic mass is 32.2. The van der Waals surface area contributed by atoms with Crippen LogP contribution in [0.5, 0.6) is 5.75 Å². The summed E-state index contributed by atoms with van der Waals surface area (Å²) in [6.45, 7) is 0.990. The number of alkyl halides is 3. The van der Waals surface area contributed by atoms with Gasteiger partial charge in [-0.1, -0.05) is 12.8 Å². The van der Waals surface area contributed by atoms with Gasteiger partial charge in [-0.2, -0.15) is 13.2 Å². The molecule has 1 aliphatic carbocycles. The Morgan fingerprint density at radius 3 is 2.55 bits per heavy atom. The minimum Gasteiger partial charge on any atom is -0.496 e. The van der Waals surface area contributed by atoms with Crippen LogP contribution in [0.1, 0.15) is 48.0 Å². The highest BCUT2D eigenvalue weighted by Gasteiger charge is 2.35. The number of carbonyl (C=O) groups is 1. The first-order valence-electron chi connectivity index (χ1n) is 9.81. The highest BCUT2D eigenvalue weighted by Crippen LogP contribution is 2.38. The maximum absolute atomic E-state index is 13.2. The lowest BCUT2D eigenvalue weighted by molar-refractivity contribution is -0.137. The molecule has 2 fully saturated rings. The maximum Gasteiger partial charge on any atom is 0.416 e. The zero-order valence-corrected chi connectivity index (χ0v) is 17.4. The van der Waals surface area contributed by atoms with Crippen molar-refractivity contribution >= 4 is 17.7 Å². The van der Waals surface area contributed by atoms with Gasteiger partial charge in [0.1, 0.15) is 5.75 Å². The van der Waals surface area contributed by atoms with Crippen LogP contribution < -0.4 is 15.4 Å². The fraction of sp³-hybridized carbons (Fsp3) is 0.650. The van der Waals surface area contributed by atoms with Crippen LogP contribution in [0, 0.1) is 0 Å². The van der Waals surface area contributed by atoms with E-state index in [1.54, 1.807) is 6.26 Å². The molecule has 1 heterocycles. The number of thioether (sulfide) groups is 1. The molecule has 1 aromatic rings. The van der Waals surface area contributed by atoms with Gasteiger partial charge >= 0.3 is 6.18 Å². The third-order valence-corrected chi connectivity index (χ3v) is 6.30. The van der Waals surface area contributed by atoms with Crippen molar-refractivity contribution in [1.29, 1.82) is 0 Å². The molecule has 162 valence electrons. The first kappa shape index (κ1) is 22.2. The number of ether oxygens (including phenoxy) is 2. The van der Waals surface area contributed by atoms with E-state index in [2.05, 4.69) is 10.6 Å². The molecule has 1 aliphatic heterocycles. The fourth-order valence-corrected chi connectivity index (χ4v) is 4.66. The number of methoxy groups -OCH3 is 1. The first-order chi connectivity index (χ1) is 13.8. The number of amides is 1. The van der Waals surface area contributed by atoms with E-state index in [9.17, 15) is 18.0 Å². The van der Waals surface area contributed by atoms with Gasteiger partial charge in [0.25, 0.3) is 5.91 Å². The molecule has 0 aromatic heterocycles. The molecule has 1 saturated carbocycles. The Bertz CT molecular complexity index is 698. The van der Waals surface area contributed by atoms with E-state index in [1.165, 1.54) is 20.0 Å². The lowest BCUT2D eigenvalue weighted by Crippen LogP contribution is -2.57. The van der Waals surface area contributed by atoms with Crippen molar-refractivity contribution in [3.05, 3.63) is 23.3 Å². The summed E-state index contributed by atoms with van der Waals surface area (Å²) >= 11 is 1.08. The maximum atomic E-state index is 13.2. The van der Waals surface area contributed by atoms with Crippen LogP contribution >= 0.6 is 11.8 Å². The molecule has 2 aliphatic rings. The van der Waals surface area contributed by atoms with Crippen molar-refractivity contribution in [2.75, 3.05) is 26.6 Å². The zero-order chi connectivity index (χ0) is 21.0. The second kappa shape index (κ2) is 9.57. The number of carbonyl (C=O) groups excluding carboxylic acids is 1. The SMILES string of the molecule is COc1cc(C(F)(F)F)cc(SC)c1C(=O)N[C@H]1COCC[C@@H]1NC1CCCC1. The third kappa shape index (κ3) is 5.38. The summed E-state index contributed by atoms with van der Waals surface area (Å²) in [5, 5.41) is 6.60. The standard InChI is InChI=1S/C20H27F3N2O3S/c1-27-16-9-12(20(21,22)23)10-17(29-2)18(16)19(26)25-15-11-28-8-7-14(15)24-13-5-3-4-6-13/h9-10,13-15,24H,3-8,11H2,1-2H3,(H,25,26)/t14-,15-/m0/s1. The molecule has 0 spiro atoms. The van der Waals surface area contributed by atoms with E-state index < -0.39 is 17.6 Å². The van der Waals surface area contributed by atoms with Crippen LogP contribution in [-0.4, -0.2) is 50.6 Å². The molecule has 9 heteroatoms. The number of hydrogen-bond donors (Lipinski definition) is 2. The van der Waals surface area contributed by atoms with Crippen LogP contribution in [0.2, 0.25) is 0 Å². The average Bonchev–Trinajstić information content (AvgIpc) is 3.20. The van der Waals surface area contributed by atoms with Crippen LogP contribution in [0.3, 0.4) is 0 Å². The third-order valence-electron chi connectivity index (χ3n) is 5.54. The molecule has 0 radical (unpaired) electrons. The lowest BCUT2D eigenvalue weighted by Gasteiger charge is -2.35. The summed E-state index contributed by atoms with van der Waals surface area (Å²) in [6, 6.07) is 2.14. The van der Waals surface area contributed by atoms with E-state index in [-0.39, 0.29) is 28.3 Å². The Kier molecular flexibility index (Phi) is 7.34. The van der Waals surface area contributed by atoms with E-state index in [4.69, 9.17) is 9.47 Å². The second-order valence-corrected chi connectivity index (χ2v) is 8.30.